The van der Waals surface area contributed by atoms with Crippen molar-refractivity contribution in [3.05, 3.63) is 64.1 Å². The van der Waals surface area contributed by atoms with E-state index in [0.717, 1.165) is 29.2 Å². The van der Waals surface area contributed by atoms with Gasteiger partial charge in [0.05, 0.1) is 12.2 Å². The summed E-state index contributed by atoms with van der Waals surface area (Å²) in [6.07, 6.45) is 3.89. The van der Waals surface area contributed by atoms with E-state index in [2.05, 4.69) is 10.5 Å². The van der Waals surface area contributed by atoms with Gasteiger partial charge in [0.15, 0.2) is 5.69 Å². The van der Waals surface area contributed by atoms with Crippen LogP contribution in [0.15, 0.2) is 50.9 Å². The lowest BCUT2D eigenvalue weighted by Crippen LogP contribution is -2.28. The van der Waals surface area contributed by atoms with Gasteiger partial charge in [-0.15, -0.1) is 11.3 Å². The van der Waals surface area contributed by atoms with Gasteiger partial charge in [0, 0.05) is 23.4 Å². The van der Waals surface area contributed by atoms with Gasteiger partial charge in [-0.05, 0) is 36.4 Å². The quantitative estimate of drug-likeness (QED) is 0.748. The van der Waals surface area contributed by atoms with Crippen LogP contribution in [0.1, 0.15) is 51.6 Å². The topological polar surface area (TPSA) is 68.3 Å². The number of nitrogens with one attached hydrogen (secondary N) is 1. The van der Waals surface area contributed by atoms with Crippen molar-refractivity contribution < 1.29 is 13.7 Å². The van der Waals surface area contributed by atoms with Gasteiger partial charge in [-0.1, -0.05) is 11.2 Å². The van der Waals surface area contributed by atoms with E-state index in [1.165, 1.54) is 0 Å². The lowest BCUT2D eigenvalue weighted by atomic mass is 10.0. The molecule has 0 aliphatic heterocycles. The van der Waals surface area contributed by atoms with E-state index < -0.39 is 0 Å². The maximum atomic E-state index is 12.3. The Morgan fingerprint density at radius 1 is 1.39 bits per heavy atom. The van der Waals surface area contributed by atoms with Crippen LogP contribution in [0.2, 0.25) is 0 Å². The number of nitrogens with zero attached hydrogens (tertiary/aromatic N) is 1. The second-order valence-corrected chi connectivity index (χ2v) is 6.66. The van der Waals surface area contributed by atoms with Crippen molar-refractivity contribution in [3.8, 4) is 0 Å². The van der Waals surface area contributed by atoms with Gasteiger partial charge in [-0.2, -0.15) is 0 Å². The Bertz CT molecular complexity index is 738. The standard InChI is InChI=1S/C17H16N2O3S/c20-17(13-9-15(22-19-13)11-5-6-11)18-10-12(14-3-1-7-21-14)16-4-2-8-23-16/h1-4,7-9,11-12H,5-6,10H2,(H,18,20)/t12-/m1/s1. The predicted octanol–water partition coefficient (Wildman–Crippen LogP) is 3.77. The molecule has 0 aromatic carbocycles. The summed E-state index contributed by atoms with van der Waals surface area (Å²) in [7, 11) is 0. The number of hydrogen-bond acceptors (Lipinski definition) is 5. The smallest absolute Gasteiger partial charge is 0.273 e. The van der Waals surface area contributed by atoms with Crippen LogP contribution in [-0.2, 0) is 0 Å². The van der Waals surface area contributed by atoms with Gasteiger partial charge in [0.25, 0.3) is 5.91 Å². The van der Waals surface area contributed by atoms with Crippen LogP contribution < -0.4 is 5.32 Å². The zero-order valence-electron chi connectivity index (χ0n) is 12.4. The summed E-state index contributed by atoms with van der Waals surface area (Å²) < 4.78 is 10.8. The van der Waals surface area contributed by atoms with Gasteiger partial charge in [0.2, 0.25) is 0 Å². The number of carbonyl (C=O) groups is 1. The van der Waals surface area contributed by atoms with Gasteiger partial charge in [-0.25, -0.2) is 0 Å². The van der Waals surface area contributed by atoms with Crippen LogP contribution in [0, 0.1) is 0 Å². The van der Waals surface area contributed by atoms with Crippen molar-refractivity contribution in [2.24, 2.45) is 0 Å². The van der Waals surface area contributed by atoms with Crippen molar-refractivity contribution >= 4 is 17.2 Å². The fourth-order valence-corrected chi connectivity index (χ4v) is 3.40. The van der Waals surface area contributed by atoms with E-state index in [1.807, 2.05) is 29.6 Å². The fourth-order valence-electron chi connectivity index (χ4n) is 2.56. The monoisotopic (exact) mass is 328 g/mol. The average molecular weight is 328 g/mol. The minimum absolute atomic E-state index is 0.00348. The molecule has 1 atom stereocenters. The lowest BCUT2D eigenvalue weighted by Gasteiger charge is -2.13. The molecule has 23 heavy (non-hydrogen) atoms. The number of carbonyl (C=O) groups excluding carboxylic acids is 1. The SMILES string of the molecule is O=C(NC[C@H](c1ccco1)c1cccs1)c1cc(C2CC2)on1. The Hall–Kier alpha value is -2.34. The summed E-state index contributed by atoms with van der Waals surface area (Å²) in [6, 6.07) is 9.58. The number of amides is 1. The van der Waals surface area contributed by atoms with Crippen molar-refractivity contribution in [1.82, 2.24) is 10.5 Å². The first kappa shape index (κ1) is 14.3. The molecular weight excluding hydrogens is 312 g/mol. The maximum absolute atomic E-state index is 12.3. The minimum Gasteiger partial charge on any atom is -0.469 e. The van der Waals surface area contributed by atoms with E-state index in [9.17, 15) is 4.79 Å². The summed E-state index contributed by atoms with van der Waals surface area (Å²) in [4.78, 5) is 13.4. The molecule has 5 nitrogen and oxygen atoms in total. The molecule has 0 unspecified atom stereocenters. The Labute approximate surface area is 137 Å². The number of furan rings is 1. The number of hydrogen-bond donors (Lipinski definition) is 1. The molecule has 3 aromatic heterocycles. The van der Waals surface area contributed by atoms with E-state index in [-0.39, 0.29) is 11.8 Å². The summed E-state index contributed by atoms with van der Waals surface area (Å²) in [5.41, 5.74) is 0.344. The van der Waals surface area contributed by atoms with Crippen molar-refractivity contribution in [1.29, 1.82) is 0 Å². The Kier molecular flexibility index (Phi) is 3.75. The van der Waals surface area contributed by atoms with Crippen LogP contribution in [0.3, 0.4) is 0 Å². The molecular formula is C17H16N2O3S. The van der Waals surface area contributed by atoms with Crippen LogP contribution in [0.5, 0.6) is 0 Å². The molecule has 1 saturated carbocycles. The normalized spacial score (nSPS) is 15.5. The van der Waals surface area contributed by atoms with Gasteiger partial charge >= 0.3 is 0 Å². The van der Waals surface area contributed by atoms with Gasteiger partial charge in [0.1, 0.15) is 11.5 Å². The summed E-state index contributed by atoms with van der Waals surface area (Å²) in [5, 5.41) is 8.83. The molecule has 6 heteroatoms. The molecule has 0 saturated heterocycles. The third-order valence-electron chi connectivity index (χ3n) is 3.98. The molecule has 0 spiro atoms. The Morgan fingerprint density at radius 2 is 2.30 bits per heavy atom. The molecule has 1 aliphatic rings. The fraction of sp³-hybridized carbons (Fsp3) is 0.294. The van der Waals surface area contributed by atoms with Crippen LogP contribution in [0.25, 0.3) is 0 Å². The molecule has 0 radical (unpaired) electrons. The molecule has 3 aromatic rings. The van der Waals surface area contributed by atoms with Gasteiger partial charge < -0.3 is 14.3 Å². The van der Waals surface area contributed by atoms with Crippen LogP contribution in [-0.4, -0.2) is 17.6 Å². The van der Waals surface area contributed by atoms with Crippen molar-refractivity contribution in [2.75, 3.05) is 6.54 Å². The maximum Gasteiger partial charge on any atom is 0.273 e. The second kappa shape index (κ2) is 6.04. The average Bonchev–Trinajstić information content (AvgIpc) is 3.06. The minimum atomic E-state index is -0.214. The van der Waals surface area contributed by atoms with Crippen molar-refractivity contribution in [2.45, 2.75) is 24.7 Å². The third kappa shape index (κ3) is 3.07. The second-order valence-electron chi connectivity index (χ2n) is 5.68. The Balaban J connectivity index is 1.45. The van der Waals surface area contributed by atoms with Gasteiger partial charge in [-0.3, -0.25) is 4.79 Å². The van der Waals surface area contributed by atoms with E-state index in [0.29, 0.717) is 18.2 Å². The highest BCUT2D eigenvalue weighted by Gasteiger charge is 2.29. The number of rotatable bonds is 6. The first-order valence-electron chi connectivity index (χ1n) is 7.63. The zero-order valence-corrected chi connectivity index (χ0v) is 13.2. The first-order valence-corrected chi connectivity index (χ1v) is 8.51. The third-order valence-corrected chi connectivity index (χ3v) is 4.97. The lowest BCUT2D eigenvalue weighted by molar-refractivity contribution is 0.0942. The molecule has 0 bridgehead atoms. The molecule has 1 N–H and O–H groups in total. The Morgan fingerprint density at radius 3 is 3.00 bits per heavy atom. The van der Waals surface area contributed by atoms with E-state index >= 15 is 0 Å². The molecule has 1 fully saturated rings. The van der Waals surface area contributed by atoms with Crippen molar-refractivity contribution in [3.63, 3.8) is 0 Å². The first-order chi connectivity index (χ1) is 11.3. The summed E-state index contributed by atoms with van der Waals surface area (Å²) in [5.74, 6) is 1.89. The highest BCUT2D eigenvalue weighted by atomic mass is 32.1. The van der Waals surface area contributed by atoms with E-state index in [4.69, 9.17) is 8.94 Å². The largest absolute Gasteiger partial charge is 0.469 e. The highest BCUT2D eigenvalue weighted by Crippen LogP contribution is 2.40. The highest BCUT2D eigenvalue weighted by molar-refractivity contribution is 7.10. The molecule has 4 rings (SSSR count). The van der Waals surface area contributed by atoms with Crippen LogP contribution in [0.4, 0.5) is 0 Å². The zero-order chi connectivity index (χ0) is 15.6. The number of thiophene rings is 1. The summed E-state index contributed by atoms with van der Waals surface area (Å²) >= 11 is 1.65. The molecule has 1 amide bonds. The molecule has 1 aliphatic carbocycles. The predicted molar refractivity (Wildman–Crippen MR) is 85.7 cm³/mol. The van der Waals surface area contributed by atoms with Crippen LogP contribution >= 0.6 is 11.3 Å². The molecule has 3 heterocycles. The number of aromatic nitrogens is 1. The summed E-state index contributed by atoms with van der Waals surface area (Å²) in [6.45, 7) is 0.457. The van der Waals surface area contributed by atoms with E-state index in [1.54, 1.807) is 23.7 Å². The molecule has 118 valence electrons.